The Morgan fingerprint density at radius 2 is 2.33 bits per heavy atom. The van der Waals surface area contributed by atoms with E-state index in [4.69, 9.17) is 5.11 Å². The number of hydrogen-bond acceptors (Lipinski definition) is 4. The van der Waals surface area contributed by atoms with E-state index in [1.54, 1.807) is 19.1 Å². The maximum atomic E-state index is 11.6. The lowest BCUT2D eigenvalue weighted by Crippen LogP contribution is -2.40. The number of amides is 1. The highest BCUT2D eigenvalue weighted by Crippen LogP contribution is 1.96. The zero-order valence-electron chi connectivity index (χ0n) is 10.1. The Labute approximate surface area is 105 Å². The molecule has 0 spiro atoms. The SMILES string of the molecule is C/C=C/CC(NC(=O)CCn1cncn1)C(=O)O. The van der Waals surface area contributed by atoms with E-state index in [9.17, 15) is 9.59 Å². The summed E-state index contributed by atoms with van der Waals surface area (Å²) >= 11 is 0. The fraction of sp³-hybridized carbons (Fsp3) is 0.455. The van der Waals surface area contributed by atoms with Crippen molar-refractivity contribution >= 4 is 11.9 Å². The first-order chi connectivity index (χ1) is 8.63. The lowest BCUT2D eigenvalue weighted by atomic mass is 10.2. The molecule has 0 saturated carbocycles. The second kappa shape index (κ2) is 7.21. The van der Waals surface area contributed by atoms with E-state index < -0.39 is 12.0 Å². The normalized spacial score (nSPS) is 12.5. The molecule has 0 fully saturated rings. The van der Waals surface area contributed by atoms with Gasteiger partial charge in [0, 0.05) is 6.42 Å². The van der Waals surface area contributed by atoms with Crippen LogP contribution < -0.4 is 5.32 Å². The molecule has 1 amide bonds. The first-order valence-corrected chi connectivity index (χ1v) is 5.59. The predicted octanol–water partition coefficient (Wildman–Crippen LogP) is 0.204. The average Bonchev–Trinajstić information content (AvgIpc) is 2.84. The molecule has 0 aliphatic heterocycles. The Hall–Kier alpha value is -2.18. The first-order valence-electron chi connectivity index (χ1n) is 5.59. The number of aromatic nitrogens is 3. The van der Waals surface area contributed by atoms with Crippen LogP contribution in [0.3, 0.4) is 0 Å². The van der Waals surface area contributed by atoms with Crippen molar-refractivity contribution in [2.24, 2.45) is 0 Å². The van der Waals surface area contributed by atoms with Gasteiger partial charge in [0.25, 0.3) is 0 Å². The van der Waals surface area contributed by atoms with Crippen molar-refractivity contribution in [2.75, 3.05) is 0 Å². The van der Waals surface area contributed by atoms with Crippen LogP contribution >= 0.6 is 0 Å². The number of nitrogens with zero attached hydrogens (tertiary/aromatic N) is 3. The fourth-order valence-electron chi connectivity index (χ4n) is 1.32. The van der Waals surface area contributed by atoms with E-state index in [2.05, 4.69) is 15.4 Å². The lowest BCUT2D eigenvalue weighted by Gasteiger charge is -2.12. The summed E-state index contributed by atoms with van der Waals surface area (Å²) in [5, 5.41) is 15.2. The molecule has 7 heteroatoms. The monoisotopic (exact) mass is 252 g/mol. The molecule has 1 unspecified atom stereocenters. The summed E-state index contributed by atoms with van der Waals surface area (Å²) in [5.74, 6) is -1.36. The molecule has 98 valence electrons. The minimum absolute atomic E-state index is 0.170. The number of aryl methyl sites for hydroxylation is 1. The average molecular weight is 252 g/mol. The van der Waals surface area contributed by atoms with Crippen molar-refractivity contribution < 1.29 is 14.7 Å². The summed E-state index contributed by atoms with van der Waals surface area (Å²) in [4.78, 5) is 26.2. The lowest BCUT2D eigenvalue weighted by molar-refractivity contribution is -0.141. The minimum Gasteiger partial charge on any atom is -0.480 e. The van der Waals surface area contributed by atoms with Gasteiger partial charge in [0.15, 0.2) is 0 Å². The predicted molar refractivity (Wildman–Crippen MR) is 63.6 cm³/mol. The third kappa shape index (κ3) is 4.77. The van der Waals surface area contributed by atoms with Gasteiger partial charge in [0.05, 0.1) is 6.54 Å². The molecular formula is C11H16N4O3. The topological polar surface area (TPSA) is 97.1 Å². The van der Waals surface area contributed by atoms with E-state index >= 15 is 0 Å². The van der Waals surface area contributed by atoms with Gasteiger partial charge in [-0.3, -0.25) is 9.48 Å². The van der Waals surface area contributed by atoms with E-state index in [1.807, 2.05) is 0 Å². The van der Waals surface area contributed by atoms with Crippen LogP contribution in [0.4, 0.5) is 0 Å². The molecule has 1 heterocycles. The number of rotatable bonds is 7. The molecule has 7 nitrogen and oxygen atoms in total. The molecule has 1 aromatic rings. The molecule has 0 bridgehead atoms. The third-order valence-electron chi connectivity index (χ3n) is 2.28. The summed E-state index contributed by atoms with van der Waals surface area (Å²) in [7, 11) is 0. The van der Waals surface area contributed by atoms with Crippen LogP contribution in [0.1, 0.15) is 19.8 Å². The Morgan fingerprint density at radius 3 is 2.89 bits per heavy atom. The molecule has 1 rings (SSSR count). The van der Waals surface area contributed by atoms with Gasteiger partial charge in [-0.05, 0) is 13.3 Å². The Balaban J connectivity index is 2.38. The van der Waals surface area contributed by atoms with Gasteiger partial charge in [0.1, 0.15) is 18.7 Å². The highest BCUT2D eigenvalue weighted by molar-refractivity contribution is 5.83. The molecule has 0 aliphatic carbocycles. The van der Waals surface area contributed by atoms with Gasteiger partial charge < -0.3 is 10.4 Å². The van der Waals surface area contributed by atoms with Gasteiger partial charge in [0.2, 0.25) is 5.91 Å². The van der Waals surface area contributed by atoms with Crippen molar-refractivity contribution in [2.45, 2.75) is 32.4 Å². The number of nitrogens with one attached hydrogen (secondary N) is 1. The molecular weight excluding hydrogens is 236 g/mol. The van der Waals surface area contributed by atoms with E-state index in [0.717, 1.165) is 0 Å². The number of carbonyl (C=O) groups excluding carboxylic acids is 1. The molecule has 1 aromatic heterocycles. The van der Waals surface area contributed by atoms with Gasteiger partial charge in [-0.1, -0.05) is 12.2 Å². The number of allylic oxidation sites excluding steroid dienone is 1. The molecule has 0 saturated heterocycles. The largest absolute Gasteiger partial charge is 0.480 e. The second-order valence-corrected chi connectivity index (χ2v) is 3.67. The van der Waals surface area contributed by atoms with Crippen LogP contribution in [0.5, 0.6) is 0 Å². The summed E-state index contributed by atoms with van der Waals surface area (Å²) < 4.78 is 1.52. The van der Waals surface area contributed by atoms with Gasteiger partial charge in [-0.25, -0.2) is 9.78 Å². The van der Waals surface area contributed by atoms with E-state index in [0.29, 0.717) is 6.54 Å². The van der Waals surface area contributed by atoms with E-state index in [1.165, 1.54) is 17.3 Å². The molecule has 18 heavy (non-hydrogen) atoms. The molecule has 0 aliphatic rings. The fourth-order valence-corrected chi connectivity index (χ4v) is 1.32. The number of carboxylic acids is 1. The van der Waals surface area contributed by atoms with E-state index in [-0.39, 0.29) is 18.7 Å². The highest BCUT2D eigenvalue weighted by atomic mass is 16.4. The van der Waals surface area contributed by atoms with Crippen LogP contribution in [0.2, 0.25) is 0 Å². The number of carbonyl (C=O) groups is 2. The Kier molecular flexibility index (Phi) is 5.56. The zero-order chi connectivity index (χ0) is 13.4. The Bertz CT molecular complexity index is 414. The standard InChI is InChI=1S/C11H16N4O3/c1-2-3-4-9(11(17)18)14-10(16)5-6-15-8-12-7-13-15/h2-3,7-9H,4-6H2,1H3,(H,14,16)(H,17,18)/b3-2+. The van der Waals surface area contributed by atoms with Crippen molar-refractivity contribution in [3.8, 4) is 0 Å². The summed E-state index contributed by atoms with van der Waals surface area (Å²) in [5.41, 5.74) is 0. The van der Waals surface area contributed by atoms with Gasteiger partial charge >= 0.3 is 5.97 Å². The van der Waals surface area contributed by atoms with Crippen LogP contribution in [-0.4, -0.2) is 37.8 Å². The smallest absolute Gasteiger partial charge is 0.326 e. The Morgan fingerprint density at radius 1 is 1.56 bits per heavy atom. The molecule has 0 aromatic carbocycles. The quantitative estimate of drug-likeness (QED) is 0.676. The third-order valence-corrected chi connectivity index (χ3v) is 2.28. The summed E-state index contributed by atoms with van der Waals surface area (Å²) in [6, 6.07) is -0.885. The van der Waals surface area contributed by atoms with Crippen LogP contribution in [-0.2, 0) is 16.1 Å². The van der Waals surface area contributed by atoms with Crippen molar-refractivity contribution in [3.63, 3.8) is 0 Å². The maximum absolute atomic E-state index is 11.6. The molecule has 2 N–H and O–H groups in total. The van der Waals surface area contributed by atoms with Crippen LogP contribution in [0.25, 0.3) is 0 Å². The molecule has 1 atom stereocenters. The number of carboxylic acid groups (broad SMARTS) is 1. The second-order valence-electron chi connectivity index (χ2n) is 3.67. The number of hydrogen-bond donors (Lipinski definition) is 2. The van der Waals surface area contributed by atoms with Crippen LogP contribution in [0, 0.1) is 0 Å². The maximum Gasteiger partial charge on any atom is 0.326 e. The van der Waals surface area contributed by atoms with Crippen molar-refractivity contribution in [1.29, 1.82) is 0 Å². The van der Waals surface area contributed by atoms with Gasteiger partial charge in [-0.2, -0.15) is 5.10 Å². The zero-order valence-corrected chi connectivity index (χ0v) is 10.1. The van der Waals surface area contributed by atoms with Crippen molar-refractivity contribution in [3.05, 3.63) is 24.8 Å². The first kappa shape index (κ1) is 13.9. The minimum atomic E-state index is -1.04. The summed E-state index contributed by atoms with van der Waals surface area (Å²) in [6.07, 6.45) is 6.78. The van der Waals surface area contributed by atoms with Crippen LogP contribution in [0.15, 0.2) is 24.8 Å². The highest BCUT2D eigenvalue weighted by Gasteiger charge is 2.17. The number of aliphatic carboxylic acids is 1. The van der Waals surface area contributed by atoms with Gasteiger partial charge in [-0.15, -0.1) is 0 Å². The van der Waals surface area contributed by atoms with Crippen molar-refractivity contribution in [1.82, 2.24) is 20.1 Å². The summed E-state index contributed by atoms with van der Waals surface area (Å²) in [6.45, 7) is 2.17. The molecule has 0 radical (unpaired) electrons.